The summed E-state index contributed by atoms with van der Waals surface area (Å²) in [4.78, 5) is 26.5. The summed E-state index contributed by atoms with van der Waals surface area (Å²) in [5.74, 6) is -3.34. The molecule has 1 fully saturated rings. The lowest BCUT2D eigenvalue weighted by atomic mass is 9.85. The van der Waals surface area contributed by atoms with E-state index in [2.05, 4.69) is 5.32 Å². The van der Waals surface area contributed by atoms with E-state index in [9.17, 15) is 31.2 Å². The van der Waals surface area contributed by atoms with Gasteiger partial charge in [0, 0.05) is 11.6 Å². The molecule has 13 heteroatoms. The van der Waals surface area contributed by atoms with Gasteiger partial charge < -0.3 is 10.1 Å². The summed E-state index contributed by atoms with van der Waals surface area (Å²) in [5, 5.41) is 4.64. The molecule has 3 aliphatic heterocycles. The Hall–Kier alpha value is -2.93. The van der Waals surface area contributed by atoms with Crippen LogP contribution in [0, 0.1) is 5.82 Å². The summed E-state index contributed by atoms with van der Waals surface area (Å²) >= 11 is 0. The number of carbonyl (C=O) groups excluding carboxylic acids is 2. The van der Waals surface area contributed by atoms with E-state index in [-0.39, 0.29) is 41.2 Å². The van der Waals surface area contributed by atoms with Crippen LogP contribution in [0.5, 0.6) is 0 Å². The highest BCUT2D eigenvalue weighted by atomic mass is 32.2. The van der Waals surface area contributed by atoms with Gasteiger partial charge >= 0.3 is 0 Å². The molecule has 0 saturated carbocycles. The average Bonchev–Trinajstić information content (AvgIpc) is 2.99. The largest absolute Gasteiger partial charge is 0.347 e. The molecule has 1 saturated heterocycles. The Morgan fingerprint density at radius 3 is 2.46 bits per heavy atom. The summed E-state index contributed by atoms with van der Waals surface area (Å²) in [6, 6.07) is 2.19. The van der Waals surface area contributed by atoms with Gasteiger partial charge in [0.05, 0.1) is 34.4 Å². The van der Waals surface area contributed by atoms with Gasteiger partial charge in [-0.2, -0.15) is 0 Å². The highest BCUT2D eigenvalue weighted by Gasteiger charge is 2.48. The zero-order chi connectivity index (χ0) is 27.3. The molecule has 8 nitrogen and oxygen atoms in total. The third-order valence-corrected chi connectivity index (χ3v) is 8.52. The molecule has 2 amide bonds. The number of anilines is 1. The molecule has 3 heterocycles. The third-order valence-electron chi connectivity index (χ3n) is 6.86. The molecule has 0 aromatic heterocycles. The standard InChI is InChI=1S/C24H27F4N3O5S/c1-23(2)16-10-15(21(32)29-24(3)6-8-37(34,35)9-7-24)17(26)11-18(16)31(22(23)33)30-12-14(25)4-5-20(30)36-13-19(27)28/h4-5,10-12,19-20H,6-9,13H2,1-3H3,(H,29,32). The fourth-order valence-electron chi connectivity index (χ4n) is 4.57. The maximum atomic E-state index is 15.3. The normalized spacial score (nSPS) is 23.7. The number of amides is 2. The highest BCUT2D eigenvalue weighted by molar-refractivity contribution is 7.91. The number of alkyl halides is 2. The first-order valence-corrected chi connectivity index (χ1v) is 13.4. The minimum atomic E-state index is -3.19. The molecule has 202 valence electrons. The van der Waals surface area contributed by atoms with Crippen LogP contribution in [0.2, 0.25) is 0 Å². The van der Waals surface area contributed by atoms with Crippen molar-refractivity contribution in [3.63, 3.8) is 0 Å². The first-order valence-electron chi connectivity index (χ1n) is 11.6. The molecule has 1 N–H and O–H groups in total. The molecular weight excluding hydrogens is 518 g/mol. The van der Waals surface area contributed by atoms with Crippen molar-refractivity contribution in [2.45, 2.75) is 57.2 Å². The van der Waals surface area contributed by atoms with Gasteiger partial charge in [0.15, 0.2) is 6.23 Å². The molecular formula is C24H27F4N3O5S. The van der Waals surface area contributed by atoms with Crippen LogP contribution in [0.25, 0.3) is 0 Å². The maximum absolute atomic E-state index is 15.3. The number of allylic oxidation sites excluding steroid dienone is 2. The SMILES string of the molecule is CC1(NC(=O)c2cc3c(cc2F)N(N2C=C(F)C=CC2OCC(F)F)C(=O)C3(C)C)CCS(=O)(=O)CC1. The van der Waals surface area contributed by atoms with E-state index in [0.29, 0.717) is 0 Å². The Labute approximate surface area is 211 Å². The van der Waals surface area contributed by atoms with E-state index >= 15 is 4.39 Å². The lowest BCUT2D eigenvalue weighted by molar-refractivity contribution is -0.128. The molecule has 1 atom stereocenters. The molecule has 0 spiro atoms. The quantitative estimate of drug-likeness (QED) is 0.551. The molecule has 37 heavy (non-hydrogen) atoms. The van der Waals surface area contributed by atoms with Crippen molar-refractivity contribution in [2.75, 3.05) is 23.1 Å². The lowest BCUT2D eigenvalue weighted by Gasteiger charge is -2.38. The number of carbonyl (C=O) groups is 2. The molecule has 3 aliphatic rings. The second-order valence-corrected chi connectivity index (χ2v) is 12.4. The van der Waals surface area contributed by atoms with Gasteiger partial charge in [0.2, 0.25) is 0 Å². The number of nitrogens with one attached hydrogen (secondary N) is 1. The van der Waals surface area contributed by atoms with Crippen molar-refractivity contribution < 1.29 is 40.3 Å². The molecule has 1 unspecified atom stereocenters. The second-order valence-electron chi connectivity index (χ2n) is 10.1. The van der Waals surface area contributed by atoms with Gasteiger partial charge in [0.25, 0.3) is 18.2 Å². The van der Waals surface area contributed by atoms with Crippen LogP contribution in [0.3, 0.4) is 0 Å². The lowest BCUT2D eigenvalue weighted by Crippen LogP contribution is -2.51. The first kappa shape index (κ1) is 27.1. The smallest absolute Gasteiger partial charge is 0.261 e. The molecule has 0 bridgehead atoms. The minimum absolute atomic E-state index is 0.00372. The topological polar surface area (TPSA) is 96.0 Å². The van der Waals surface area contributed by atoms with Crippen molar-refractivity contribution >= 4 is 27.3 Å². The number of nitrogens with zero attached hydrogens (tertiary/aromatic N) is 2. The monoisotopic (exact) mass is 545 g/mol. The van der Waals surface area contributed by atoms with Gasteiger partial charge in [-0.15, -0.1) is 0 Å². The van der Waals surface area contributed by atoms with Crippen molar-refractivity contribution in [2.24, 2.45) is 0 Å². The number of halogens is 4. The minimum Gasteiger partial charge on any atom is -0.347 e. The van der Waals surface area contributed by atoms with E-state index in [1.54, 1.807) is 6.92 Å². The van der Waals surface area contributed by atoms with Crippen LogP contribution >= 0.6 is 0 Å². The first-order chi connectivity index (χ1) is 17.1. The van der Waals surface area contributed by atoms with Crippen molar-refractivity contribution in [3.8, 4) is 0 Å². The van der Waals surface area contributed by atoms with Gasteiger partial charge in [-0.05, 0) is 57.4 Å². The molecule has 0 radical (unpaired) electrons. The van der Waals surface area contributed by atoms with Crippen LogP contribution in [-0.2, 0) is 24.8 Å². The van der Waals surface area contributed by atoms with Crippen LogP contribution in [0.4, 0.5) is 23.2 Å². The average molecular weight is 546 g/mol. The fraction of sp³-hybridized carbons (Fsp3) is 0.500. The van der Waals surface area contributed by atoms with Crippen LogP contribution in [-0.4, -0.2) is 61.5 Å². The number of hydrogen-bond donors (Lipinski definition) is 1. The number of hydrazine groups is 1. The van der Waals surface area contributed by atoms with Crippen molar-refractivity contribution in [1.82, 2.24) is 10.3 Å². The number of rotatable bonds is 6. The summed E-state index contributed by atoms with van der Waals surface area (Å²) < 4.78 is 83.6. The molecule has 0 aliphatic carbocycles. The number of hydrogen-bond acceptors (Lipinski definition) is 6. The predicted octanol–water partition coefficient (Wildman–Crippen LogP) is 3.35. The zero-order valence-electron chi connectivity index (χ0n) is 20.4. The van der Waals surface area contributed by atoms with Gasteiger partial charge in [-0.3, -0.25) is 14.6 Å². The molecule has 4 rings (SSSR count). The molecule has 1 aromatic rings. The number of sulfone groups is 1. The van der Waals surface area contributed by atoms with E-state index in [4.69, 9.17) is 4.74 Å². The Balaban J connectivity index is 1.67. The molecule has 1 aromatic carbocycles. The summed E-state index contributed by atoms with van der Waals surface area (Å²) in [6.07, 6.45) is -0.696. The summed E-state index contributed by atoms with van der Waals surface area (Å²) in [5.41, 5.74) is -2.23. The van der Waals surface area contributed by atoms with Crippen molar-refractivity contribution in [3.05, 3.63) is 53.3 Å². The van der Waals surface area contributed by atoms with E-state index in [1.807, 2.05) is 0 Å². The maximum Gasteiger partial charge on any atom is 0.261 e. The van der Waals surface area contributed by atoms with E-state index in [1.165, 1.54) is 19.9 Å². The third kappa shape index (κ3) is 5.24. The Morgan fingerprint density at radius 2 is 1.84 bits per heavy atom. The Morgan fingerprint density at radius 1 is 1.19 bits per heavy atom. The highest BCUT2D eigenvalue weighted by Crippen LogP contribution is 2.44. The van der Waals surface area contributed by atoms with Gasteiger partial charge in [-0.1, -0.05) is 0 Å². The Bertz CT molecular complexity index is 1280. The zero-order valence-corrected chi connectivity index (χ0v) is 21.2. The van der Waals surface area contributed by atoms with E-state index < -0.39 is 63.5 Å². The fourth-order valence-corrected chi connectivity index (χ4v) is 6.29. The van der Waals surface area contributed by atoms with Crippen LogP contribution in [0.1, 0.15) is 49.5 Å². The number of fused-ring (bicyclic) bond motifs is 1. The predicted molar refractivity (Wildman–Crippen MR) is 127 cm³/mol. The summed E-state index contributed by atoms with van der Waals surface area (Å²) in [7, 11) is -3.19. The van der Waals surface area contributed by atoms with Crippen molar-refractivity contribution in [1.29, 1.82) is 0 Å². The van der Waals surface area contributed by atoms with E-state index in [0.717, 1.165) is 34.4 Å². The Kier molecular flexibility index (Phi) is 6.91. The van der Waals surface area contributed by atoms with Gasteiger partial charge in [-0.25, -0.2) is 31.0 Å². The second kappa shape index (κ2) is 9.43. The van der Waals surface area contributed by atoms with Crippen LogP contribution < -0.4 is 10.3 Å². The van der Waals surface area contributed by atoms with Crippen LogP contribution in [0.15, 0.2) is 36.3 Å². The number of ether oxygens (including phenoxy) is 1. The summed E-state index contributed by atoms with van der Waals surface area (Å²) in [6.45, 7) is 3.78. The number of benzene rings is 1. The van der Waals surface area contributed by atoms with Gasteiger partial charge in [0.1, 0.15) is 28.1 Å².